The van der Waals surface area contributed by atoms with Gasteiger partial charge in [-0.2, -0.15) is 0 Å². The van der Waals surface area contributed by atoms with Crippen LogP contribution in [0.25, 0.3) is 0 Å². The molecule has 0 unspecified atom stereocenters. The van der Waals surface area contributed by atoms with Crippen LogP contribution in [0.15, 0.2) is 40.8 Å². The van der Waals surface area contributed by atoms with Gasteiger partial charge >= 0.3 is 5.88 Å². The third-order valence-electron chi connectivity index (χ3n) is 4.26. The van der Waals surface area contributed by atoms with E-state index >= 15 is 0 Å². The molecule has 1 fully saturated rings. The summed E-state index contributed by atoms with van der Waals surface area (Å²) in [5, 5.41) is 10.8. The zero-order valence-electron chi connectivity index (χ0n) is 13.5. The summed E-state index contributed by atoms with van der Waals surface area (Å²) in [7, 11) is 1.58. The van der Waals surface area contributed by atoms with Crippen molar-refractivity contribution in [3.63, 3.8) is 0 Å². The van der Waals surface area contributed by atoms with Crippen molar-refractivity contribution in [2.45, 2.75) is 25.8 Å². The Labute approximate surface area is 139 Å². The minimum absolute atomic E-state index is 0.0185. The van der Waals surface area contributed by atoms with Crippen molar-refractivity contribution in [1.82, 2.24) is 0 Å². The Morgan fingerprint density at radius 3 is 2.46 bits per heavy atom. The number of anilines is 1. The molecule has 1 amide bonds. The zero-order valence-corrected chi connectivity index (χ0v) is 13.5. The number of rotatable bonds is 6. The largest absolute Gasteiger partial charge is 0.497 e. The van der Waals surface area contributed by atoms with Gasteiger partial charge in [0.15, 0.2) is 5.76 Å². The van der Waals surface area contributed by atoms with Gasteiger partial charge in [-0.05, 0) is 56.0 Å². The van der Waals surface area contributed by atoms with Crippen molar-refractivity contribution in [2.75, 3.05) is 12.0 Å². The highest BCUT2D eigenvalue weighted by Crippen LogP contribution is 2.38. The van der Waals surface area contributed by atoms with Crippen molar-refractivity contribution in [3.8, 4) is 5.75 Å². The van der Waals surface area contributed by atoms with Crippen molar-refractivity contribution < 1.29 is 18.9 Å². The third kappa shape index (κ3) is 3.10. The van der Waals surface area contributed by atoms with Crippen LogP contribution < -0.4 is 9.64 Å². The van der Waals surface area contributed by atoms with Gasteiger partial charge in [-0.1, -0.05) is 0 Å². The van der Waals surface area contributed by atoms with Crippen molar-refractivity contribution in [1.29, 1.82) is 0 Å². The van der Waals surface area contributed by atoms with Gasteiger partial charge in [0.1, 0.15) is 10.7 Å². The molecular weight excluding hydrogens is 312 g/mol. The van der Waals surface area contributed by atoms with Gasteiger partial charge < -0.3 is 14.1 Å². The molecule has 1 atom stereocenters. The molecule has 0 spiro atoms. The number of hydrogen-bond acceptors (Lipinski definition) is 5. The molecule has 0 saturated heterocycles. The summed E-state index contributed by atoms with van der Waals surface area (Å²) < 4.78 is 10.2. The summed E-state index contributed by atoms with van der Waals surface area (Å²) in [6, 6.07) is 9.67. The second-order valence-electron chi connectivity index (χ2n) is 5.85. The lowest BCUT2D eigenvalue weighted by Gasteiger charge is -2.28. The van der Waals surface area contributed by atoms with Gasteiger partial charge in [0.05, 0.1) is 13.2 Å². The van der Waals surface area contributed by atoms with Crippen molar-refractivity contribution in [3.05, 3.63) is 52.3 Å². The number of ether oxygens (including phenoxy) is 1. The molecule has 7 nitrogen and oxygen atoms in total. The maximum atomic E-state index is 12.9. The Morgan fingerprint density at radius 1 is 1.29 bits per heavy atom. The van der Waals surface area contributed by atoms with Gasteiger partial charge in [0.25, 0.3) is 5.91 Å². The number of hydrogen-bond donors (Lipinski definition) is 0. The van der Waals surface area contributed by atoms with Crippen LogP contribution in [0.5, 0.6) is 5.75 Å². The van der Waals surface area contributed by atoms with Crippen molar-refractivity contribution >= 4 is 17.5 Å². The van der Waals surface area contributed by atoms with Crippen LogP contribution >= 0.6 is 0 Å². The van der Waals surface area contributed by atoms with E-state index in [0.29, 0.717) is 17.4 Å². The van der Waals surface area contributed by atoms with Crippen LogP contribution in [0.4, 0.5) is 11.6 Å². The number of amides is 1. The Hall–Kier alpha value is -2.83. The Kier molecular flexibility index (Phi) is 4.24. The minimum atomic E-state index is -0.654. The fourth-order valence-electron chi connectivity index (χ4n) is 2.73. The van der Waals surface area contributed by atoms with Crippen LogP contribution in [-0.4, -0.2) is 24.0 Å². The molecule has 2 aromatic rings. The van der Waals surface area contributed by atoms with E-state index in [1.165, 1.54) is 12.1 Å². The molecule has 1 aromatic heterocycles. The van der Waals surface area contributed by atoms with Crippen LogP contribution in [0.2, 0.25) is 0 Å². The zero-order chi connectivity index (χ0) is 17.3. The molecular formula is C17H18N2O5. The van der Waals surface area contributed by atoms with E-state index in [0.717, 1.165) is 12.8 Å². The maximum absolute atomic E-state index is 12.9. The molecule has 1 aliphatic rings. The number of methoxy groups -OCH3 is 1. The van der Waals surface area contributed by atoms with Gasteiger partial charge in [-0.25, -0.2) is 0 Å². The van der Waals surface area contributed by atoms with Crippen LogP contribution in [0, 0.1) is 16.0 Å². The molecule has 1 aromatic carbocycles. The highest BCUT2D eigenvalue weighted by Gasteiger charge is 2.36. The average molecular weight is 330 g/mol. The summed E-state index contributed by atoms with van der Waals surface area (Å²) in [6.45, 7) is 1.98. The topological polar surface area (TPSA) is 85.8 Å². The summed E-state index contributed by atoms with van der Waals surface area (Å²) in [5.74, 6) is 0.268. The molecule has 3 rings (SSSR count). The number of nitrogens with zero attached hydrogens (tertiary/aromatic N) is 2. The number of benzene rings is 1. The predicted octanol–water partition coefficient (Wildman–Crippen LogP) is 3.64. The summed E-state index contributed by atoms with van der Waals surface area (Å²) in [4.78, 5) is 24.6. The first kappa shape index (κ1) is 16.0. The van der Waals surface area contributed by atoms with E-state index in [1.807, 2.05) is 6.92 Å². The second kappa shape index (κ2) is 6.35. The fraction of sp³-hybridized carbons (Fsp3) is 0.353. The number of carbonyl (C=O) groups is 1. The van der Waals surface area contributed by atoms with E-state index in [-0.39, 0.29) is 17.7 Å². The van der Waals surface area contributed by atoms with Gasteiger partial charge in [0, 0.05) is 11.7 Å². The summed E-state index contributed by atoms with van der Waals surface area (Å²) >= 11 is 0. The molecule has 0 aliphatic heterocycles. The van der Waals surface area contributed by atoms with Gasteiger partial charge in [-0.15, -0.1) is 0 Å². The lowest BCUT2D eigenvalue weighted by molar-refractivity contribution is -0.402. The lowest BCUT2D eigenvalue weighted by atomic mass is 10.1. The molecule has 1 aliphatic carbocycles. The highest BCUT2D eigenvalue weighted by molar-refractivity contribution is 6.04. The number of furan rings is 1. The number of nitro groups is 1. The Balaban J connectivity index is 1.93. The molecule has 0 N–H and O–H groups in total. The Bertz CT molecular complexity index is 749. The first-order valence-corrected chi connectivity index (χ1v) is 7.73. The van der Waals surface area contributed by atoms with E-state index in [2.05, 4.69) is 0 Å². The molecule has 7 heteroatoms. The van der Waals surface area contributed by atoms with Gasteiger partial charge in [-0.3, -0.25) is 14.9 Å². The van der Waals surface area contributed by atoms with Crippen LogP contribution in [0.3, 0.4) is 0 Å². The smallest absolute Gasteiger partial charge is 0.433 e. The maximum Gasteiger partial charge on any atom is 0.433 e. The monoisotopic (exact) mass is 330 g/mol. The van der Waals surface area contributed by atoms with Crippen molar-refractivity contribution in [2.24, 2.45) is 5.92 Å². The molecule has 24 heavy (non-hydrogen) atoms. The normalized spacial score (nSPS) is 14.9. The first-order valence-electron chi connectivity index (χ1n) is 7.73. The van der Waals surface area contributed by atoms with E-state index in [4.69, 9.17) is 9.15 Å². The SMILES string of the molecule is COc1ccc(N(C(=O)c2ccc([N+](=O)[O-])o2)[C@@H](C)C2CC2)cc1. The van der Waals surface area contributed by atoms with E-state index < -0.39 is 10.8 Å². The standard InChI is InChI=1S/C17H18N2O5/c1-11(12-3-4-12)18(13-5-7-14(23-2)8-6-13)17(20)15-9-10-16(24-15)19(21)22/h5-12H,3-4H2,1-2H3/t11-/m0/s1. The minimum Gasteiger partial charge on any atom is -0.497 e. The summed E-state index contributed by atoms with van der Waals surface area (Å²) in [5.41, 5.74) is 0.708. The van der Waals surface area contributed by atoms with E-state index in [1.54, 1.807) is 36.3 Å². The lowest BCUT2D eigenvalue weighted by Crippen LogP contribution is -2.40. The summed E-state index contributed by atoms with van der Waals surface area (Å²) in [6.07, 6.45) is 2.14. The quantitative estimate of drug-likeness (QED) is 0.596. The fourth-order valence-corrected chi connectivity index (χ4v) is 2.73. The average Bonchev–Trinajstić information content (AvgIpc) is 3.31. The molecule has 126 valence electrons. The highest BCUT2D eigenvalue weighted by atomic mass is 16.6. The molecule has 1 saturated carbocycles. The predicted molar refractivity (Wildman–Crippen MR) is 87.4 cm³/mol. The molecule has 1 heterocycles. The van der Waals surface area contributed by atoms with E-state index in [9.17, 15) is 14.9 Å². The first-order chi connectivity index (χ1) is 11.5. The third-order valence-corrected chi connectivity index (χ3v) is 4.26. The Morgan fingerprint density at radius 2 is 1.96 bits per heavy atom. The van der Waals surface area contributed by atoms with Crippen LogP contribution in [0.1, 0.15) is 30.3 Å². The molecule has 0 radical (unpaired) electrons. The van der Waals surface area contributed by atoms with Gasteiger partial charge in [0.2, 0.25) is 0 Å². The molecule has 0 bridgehead atoms. The number of carbonyl (C=O) groups excluding carboxylic acids is 1. The van der Waals surface area contributed by atoms with Crippen LogP contribution in [-0.2, 0) is 0 Å². The second-order valence-corrected chi connectivity index (χ2v) is 5.85.